The van der Waals surface area contributed by atoms with Crippen molar-refractivity contribution in [2.24, 2.45) is 0 Å². The summed E-state index contributed by atoms with van der Waals surface area (Å²) >= 11 is 5.83. The SMILES string of the molecule is O=C(CCc1ccccc1)[C@@H](CO)c1ccc(Cl)cc1. The standard InChI is InChI=1S/C17H17ClO2/c18-15-9-7-14(8-10-15)16(12-19)17(20)11-6-13-4-2-1-3-5-13/h1-5,7-10,16,19H,6,11-12H2/t16-/m0/s1. The first kappa shape index (κ1) is 14.8. The first-order chi connectivity index (χ1) is 9.70. The summed E-state index contributed by atoms with van der Waals surface area (Å²) in [6.45, 7) is -0.171. The second kappa shape index (κ2) is 7.22. The van der Waals surface area contributed by atoms with Crippen LogP contribution < -0.4 is 0 Å². The van der Waals surface area contributed by atoms with E-state index in [1.54, 1.807) is 24.3 Å². The molecule has 0 heterocycles. The monoisotopic (exact) mass is 288 g/mol. The Kier molecular flexibility index (Phi) is 5.33. The third kappa shape index (κ3) is 3.92. The van der Waals surface area contributed by atoms with Crippen LogP contribution in [0.15, 0.2) is 54.6 Å². The zero-order valence-electron chi connectivity index (χ0n) is 11.1. The Balaban J connectivity index is 2.00. The van der Waals surface area contributed by atoms with Gasteiger partial charge in [0.15, 0.2) is 0 Å². The van der Waals surface area contributed by atoms with Crippen LogP contribution in [0.3, 0.4) is 0 Å². The quantitative estimate of drug-likeness (QED) is 0.881. The molecule has 0 unspecified atom stereocenters. The van der Waals surface area contributed by atoms with Crippen molar-refractivity contribution in [3.05, 3.63) is 70.7 Å². The molecule has 0 aromatic heterocycles. The maximum Gasteiger partial charge on any atom is 0.142 e. The molecule has 0 aliphatic rings. The number of aliphatic hydroxyl groups is 1. The third-order valence-electron chi connectivity index (χ3n) is 3.35. The molecule has 0 fully saturated rings. The minimum atomic E-state index is -0.462. The molecular formula is C17H17ClO2. The van der Waals surface area contributed by atoms with E-state index >= 15 is 0 Å². The number of carbonyl (C=O) groups excluding carboxylic acids is 1. The minimum Gasteiger partial charge on any atom is -0.395 e. The Morgan fingerprint density at radius 1 is 1.05 bits per heavy atom. The second-order valence-electron chi connectivity index (χ2n) is 4.74. The molecule has 0 aliphatic heterocycles. The predicted octanol–water partition coefficient (Wildman–Crippen LogP) is 3.62. The Morgan fingerprint density at radius 2 is 1.70 bits per heavy atom. The topological polar surface area (TPSA) is 37.3 Å². The van der Waals surface area contributed by atoms with E-state index in [4.69, 9.17) is 11.6 Å². The molecule has 0 amide bonds. The van der Waals surface area contributed by atoms with Gasteiger partial charge in [0.05, 0.1) is 12.5 Å². The number of halogens is 1. The number of aryl methyl sites for hydroxylation is 1. The van der Waals surface area contributed by atoms with Crippen molar-refractivity contribution in [1.82, 2.24) is 0 Å². The third-order valence-corrected chi connectivity index (χ3v) is 3.60. The zero-order chi connectivity index (χ0) is 14.4. The molecule has 2 aromatic carbocycles. The Bertz CT molecular complexity index is 549. The number of carbonyl (C=O) groups is 1. The maximum atomic E-state index is 12.2. The summed E-state index contributed by atoms with van der Waals surface area (Å²) in [7, 11) is 0. The van der Waals surface area contributed by atoms with Gasteiger partial charge in [-0.1, -0.05) is 54.1 Å². The highest BCUT2D eigenvalue weighted by Crippen LogP contribution is 2.21. The van der Waals surface area contributed by atoms with Gasteiger partial charge in [0, 0.05) is 11.4 Å². The number of hydrogen-bond donors (Lipinski definition) is 1. The van der Waals surface area contributed by atoms with Crippen molar-refractivity contribution in [3.63, 3.8) is 0 Å². The molecule has 0 saturated carbocycles. The Hall–Kier alpha value is -1.64. The van der Waals surface area contributed by atoms with E-state index in [0.29, 0.717) is 17.9 Å². The first-order valence-electron chi connectivity index (χ1n) is 6.63. The van der Waals surface area contributed by atoms with E-state index in [0.717, 1.165) is 11.1 Å². The van der Waals surface area contributed by atoms with Gasteiger partial charge in [-0.25, -0.2) is 0 Å². The van der Waals surface area contributed by atoms with Crippen molar-refractivity contribution in [2.75, 3.05) is 6.61 Å². The lowest BCUT2D eigenvalue weighted by molar-refractivity contribution is -0.121. The highest BCUT2D eigenvalue weighted by molar-refractivity contribution is 6.30. The molecule has 3 heteroatoms. The van der Waals surface area contributed by atoms with Crippen LogP contribution in [0.5, 0.6) is 0 Å². The van der Waals surface area contributed by atoms with Crippen molar-refractivity contribution in [2.45, 2.75) is 18.8 Å². The van der Waals surface area contributed by atoms with Crippen molar-refractivity contribution >= 4 is 17.4 Å². The van der Waals surface area contributed by atoms with Crippen molar-refractivity contribution in [3.8, 4) is 0 Å². The molecule has 2 rings (SSSR count). The molecular weight excluding hydrogens is 272 g/mol. The van der Waals surface area contributed by atoms with Crippen LogP contribution in [0.1, 0.15) is 23.5 Å². The molecule has 0 radical (unpaired) electrons. The predicted molar refractivity (Wildman–Crippen MR) is 81.0 cm³/mol. The van der Waals surface area contributed by atoms with Crippen LogP contribution in [-0.2, 0) is 11.2 Å². The van der Waals surface area contributed by atoms with Gasteiger partial charge in [-0.05, 0) is 29.7 Å². The molecule has 0 bridgehead atoms. The minimum absolute atomic E-state index is 0.0543. The first-order valence-corrected chi connectivity index (χ1v) is 7.01. The number of benzene rings is 2. The molecule has 20 heavy (non-hydrogen) atoms. The Labute approximate surface area is 124 Å². The van der Waals surface area contributed by atoms with E-state index in [1.807, 2.05) is 30.3 Å². The number of aliphatic hydroxyl groups excluding tert-OH is 1. The van der Waals surface area contributed by atoms with Gasteiger partial charge < -0.3 is 5.11 Å². The van der Waals surface area contributed by atoms with Gasteiger partial charge in [-0.15, -0.1) is 0 Å². The summed E-state index contributed by atoms with van der Waals surface area (Å²) in [5.74, 6) is -0.408. The summed E-state index contributed by atoms with van der Waals surface area (Å²) in [5, 5.41) is 10.1. The van der Waals surface area contributed by atoms with Crippen LogP contribution in [-0.4, -0.2) is 17.5 Å². The van der Waals surface area contributed by atoms with Crippen LogP contribution in [0, 0.1) is 0 Å². The van der Waals surface area contributed by atoms with Gasteiger partial charge >= 0.3 is 0 Å². The van der Waals surface area contributed by atoms with E-state index in [1.165, 1.54) is 0 Å². The fraction of sp³-hybridized carbons (Fsp3) is 0.235. The summed E-state index contributed by atoms with van der Waals surface area (Å²) in [5.41, 5.74) is 1.95. The smallest absolute Gasteiger partial charge is 0.142 e. The molecule has 1 N–H and O–H groups in total. The average Bonchev–Trinajstić information content (AvgIpc) is 2.49. The molecule has 0 aliphatic carbocycles. The molecule has 2 aromatic rings. The number of Topliss-reactive ketones (excluding diaryl/α,β-unsaturated/α-hetero) is 1. The highest BCUT2D eigenvalue weighted by atomic mass is 35.5. The second-order valence-corrected chi connectivity index (χ2v) is 5.18. The number of hydrogen-bond acceptors (Lipinski definition) is 2. The van der Waals surface area contributed by atoms with Gasteiger partial charge in [0.25, 0.3) is 0 Å². The lowest BCUT2D eigenvalue weighted by Crippen LogP contribution is -2.17. The fourth-order valence-corrected chi connectivity index (χ4v) is 2.30. The van der Waals surface area contributed by atoms with Crippen LogP contribution in [0.4, 0.5) is 0 Å². The fourth-order valence-electron chi connectivity index (χ4n) is 2.17. The summed E-state index contributed by atoms with van der Waals surface area (Å²) in [6, 6.07) is 17.0. The van der Waals surface area contributed by atoms with Gasteiger partial charge in [0.2, 0.25) is 0 Å². The summed E-state index contributed by atoms with van der Waals surface area (Å²) in [6.07, 6.45) is 1.13. The summed E-state index contributed by atoms with van der Waals surface area (Å²) in [4.78, 5) is 12.2. The van der Waals surface area contributed by atoms with Gasteiger partial charge in [0.1, 0.15) is 5.78 Å². The molecule has 0 saturated heterocycles. The van der Waals surface area contributed by atoms with Crippen LogP contribution >= 0.6 is 11.6 Å². The zero-order valence-corrected chi connectivity index (χ0v) is 11.9. The number of ketones is 1. The lowest BCUT2D eigenvalue weighted by atomic mass is 9.92. The van der Waals surface area contributed by atoms with E-state index in [-0.39, 0.29) is 12.4 Å². The molecule has 0 spiro atoms. The van der Waals surface area contributed by atoms with Crippen LogP contribution in [0.2, 0.25) is 5.02 Å². The van der Waals surface area contributed by atoms with Crippen molar-refractivity contribution < 1.29 is 9.90 Å². The van der Waals surface area contributed by atoms with Gasteiger partial charge in [-0.2, -0.15) is 0 Å². The maximum absolute atomic E-state index is 12.2. The van der Waals surface area contributed by atoms with E-state index < -0.39 is 5.92 Å². The van der Waals surface area contributed by atoms with E-state index in [2.05, 4.69) is 0 Å². The average molecular weight is 289 g/mol. The normalized spacial score (nSPS) is 12.1. The molecule has 2 nitrogen and oxygen atoms in total. The highest BCUT2D eigenvalue weighted by Gasteiger charge is 2.19. The lowest BCUT2D eigenvalue weighted by Gasteiger charge is -2.13. The van der Waals surface area contributed by atoms with Crippen LogP contribution in [0.25, 0.3) is 0 Å². The largest absolute Gasteiger partial charge is 0.395 e. The Morgan fingerprint density at radius 3 is 2.30 bits per heavy atom. The van der Waals surface area contributed by atoms with Crippen molar-refractivity contribution in [1.29, 1.82) is 0 Å². The number of rotatable bonds is 6. The molecule has 104 valence electrons. The summed E-state index contributed by atoms with van der Waals surface area (Å²) < 4.78 is 0. The van der Waals surface area contributed by atoms with E-state index in [9.17, 15) is 9.90 Å². The van der Waals surface area contributed by atoms with Gasteiger partial charge in [-0.3, -0.25) is 4.79 Å². The molecule has 1 atom stereocenters.